The monoisotopic (exact) mass is 253 g/mol. The Morgan fingerprint density at radius 2 is 1.94 bits per heavy atom. The number of nitrogens with zero attached hydrogens (tertiary/aromatic N) is 3. The fourth-order valence-corrected chi connectivity index (χ4v) is 3.71. The van der Waals surface area contributed by atoms with Gasteiger partial charge in [-0.15, -0.1) is 0 Å². The summed E-state index contributed by atoms with van der Waals surface area (Å²) in [6.07, 6.45) is 4.57. The summed E-state index contributed by atoms with van der Waals surface area (Å²) >= 11 is 0. The summed E-state index contributed by atoms with van der Waals surface area (Å²) in [5, 5.41) is 0. The van der Waals surface area contributed by atoms with Gasteiger partial charge in [-0.25, -0.2) is 0 Å². The molecule has 0 radical (unpaired) electrons. The molecule has 3 aliphatic heterocycles. The Kier molecular flexibility index (Phi) is 4.19. The van der Waals surface area contributed by atoms with E-state index in [1.807, 2.05) is 0 Å². The summed E-state index contributed by atoms with van der Waals surface area (Å²) in [5.41, 5.74) is 0. The number of hydrogen-bond acceptors (Lipinski definition) is 4. The van der Waals surface area contributed by atoms with Crippen molar-refractivity contribution in [2.24, 2.45) is 0 Å². The van der Waals surface area contributed by atoms with Crippen LogP contribution in [0.4, 0.5) is 0 Å². The van der Waals surface area contributed by atoms with Crippen LogP contribution in [0.25, 0.3) is 0 Å². The van der Waals surface area contributed by atoms with Gasteiger partial charge in [-0.1, -0.05) is 0 Å². The van der Waals surface area contributed by atoms with Crippen molar-refractivity contribution in [3.63, 3.8) is 0 Å². The van der Waals surface area contributed by atoms with Gasteiger partial charge in [0.25, 0.3) is 0 Å². The van der Waals surface area contributed by atoms with Crippen LogP contribution in [-0.2, 0) is 4.74 Å². The van der Waals surface area contributed by atoms with Gasteiger partial charge in [0.1, 0.15) is 0 Å². The van der Waals surface area contributed by atoms with Crippen LogP contribution in [0.5, 0.6) is 0 Å². The molecule has 104 valence electrons. The van der Waals surface area contributed by atoms with Crippen LogP contribution < -0.4 is 0 Å². The van der Waals surface area contributed by atoms with Gasteiger partial charge in [0.2, 0.25) is 0 Å². The first-order chi connectivity index (χ1) is 8.81. The second kappa shape index (κ2) is 5.87. The normalized spacial score (nSPS) is 36.5. The molecule has 18 heavy (non-hydrogen) atoms. The molecule has 3 fully saturated rings. The lowest BCUT2D eigenvalue weighted by Gasteiger charge is -2.34. The lowest BCUT2D eigenvalue weighted by molar-refractivity contribution is -0.0360. The number of rotatable bonds is 2. The molecule has 3 heterocycles. The molecule has 0 amide bonds. The molecular formula is C14H27N3O. The largest absolute Gasteiger partial charge is 0.374 e. The highest BCUT2D eigenvalue weighted by molar-refractivity contribution is 4.86. The molecular weight excluding hydrogens is 226 g/mol. The SMILES string of the molecule is CN1CCOC(CN2CCCN3CCCC3C2)C1. The molecule has 0 bridgehead atoms. The van der Waals surface area contributed by atoms with E-state index in [9.17, 15) is 0 Å². The molecule has 3 saturated heterocycles. The van der Waals surface area contributed by atoms with E-state index in [1.54, 1.807) is 0 Å². The van der Waals surface area contributed by atoms with Crippen molar-refractivity contribution >= 4 is 0 Å². The zero-order valence-electron chi connectivity index (χ0n) is 11.7. The van der Waals surface area contributed by atoms with Gasteiger partial charge in [0.15, 0.2) is 0 Å². The van der Waals surface area contributed by atoms with E-state index in [0.29, 0.717) is 6.10 Å². The zero-order chi connectivity index (χ0) is 12.4. The average Bonchev–Trinajstić information content (AvgIpc) is 2.69. The van der Waals surface area contributed by atoms with E-state index in [4.69, 9.17) is 4.74 Å². The predicted octanol–water partition coefficient (Wildman–Crippen LogP) is 0.487. The molecule has 4 heteroatoms. The molecule has 2 atom stereocenters. The van der Waals surface area contributed by atoms with Gasteiger partial charge < -0.3 is 9.64 Å². The molecule has 0 aromatic rings. The van der Waals surface area contributed by atoms with Crippen LogP contribution in [0.1, 0.15) is 19.3 Å². The molecule has 0 aromatic heterocycles. The standard InChI is InChI=1S/C14H27N3O/c1-15-8-9-18-14(11-15)12-16-5-3-7-17-6-2-4-13(17)10-16/h13-14H,2-12H2,1H3. The molecule has 3 aliphatic rings. The van der Waals surface area contributed by atoms with Gasteiger partial charge in [0.05, 0.1) is 12.7 Å². The van der Waals surface area contributed by atoms with Gasteiger partial charge in [0, 0.05) is 32.2 Å². The Morgan fingerprint density at radius 3 is 2.83 bits per heavy atom. The van der Waals surface area contributed by atoms with Crippen LogP contribution in [0, 0.1) is 0 Å². The first-order valence-corrected chi connectivity index (χ1v) is 7.58. The maximum Gasteiger partial charge on any atom is 0.0829 e. The molecule has 0 aromatic carbocycles. The van der Waals surface area contributed by atoms with Gasteiger partial charge >= 0.3 is 0 Å². The Balaban J connectivity index is 1.52. The zero-order valence-corrected chi connectivity index (χ0v) is 11.7. The summed E-state index contributed by atoms with van der Waals surface area (Å²) in [7, 11) is 2.21. The Morgan fingerprint density at radius 1 is 1.06 bits per heavy atom. The van der Waals surface area contributed by atoms with E-state index < -0.39 is 0 Å². The average molecular weight is 253 g/mol. The Hall–Kier alpha value is -0.160. The molecule has 0 aliphatic carbocycles. The van der Waals surface area contributed by atoms with Crippen LogP contribution in [0.15, 0.2) is 0 Å². The highest BCUT2D eigenvalue weighted by atomic mass is 16.5. The highest BCUT2D eigenvalue weighted by Crippen LogP contribution is 2.21. The minimum absolute atomic E-state index is 0.428. The van der Waals surface area contributed by atoms with Crippen molar-refractivity contribution in [1.82, 2.24) is 14.7 Å². The van der Waals surface area contributed by atoms with Gasteiger partial charge in [-0.2, -0.15) is 0 Å². The van der Waals surface area contributed by atoms with Crippen molar-refractivity contribution < 1.29 is 4.74 Å². The van der Waals surface area contributed by atoms with Crippen LogP contribution in [0.2, 0.25) is 0 Å². The van der Waals surface area contributed by atoms with Crippen molar-refractivity contribution in [2.75, 3.05) is 59.5 Å². The molecule has 0 N–H and O–H groups in total. The number of ether oxygens (including phenoxy) is 1. The van der Waals surface area contributed by atoms with E-state index in [0.717, 1.165) is 32.3 Å². The third-order valence-corrected chi connectivity index (χ3v) is 4.69. The van der Waals surface area contributed by atoms with Gasteiger partial charge in [-0.3, -0.25) is 9.80 Å². The third-order valence-electron chi connectivity index (χ3n) is 4.69. The predicted molar refractivity (Wildman–Crippen MR) is 72.9 cm³/mol. The van der Waals surface area contributed by atoms with Crippen molar-refractivity contribution in [1.29, 1.82) is 0 Å². The molecule has 0 saturated carbocycles. The summed E-state index contributed by atoms with van der Waals surface area (Å²) in [4.78, 5) is 7.75. The minimum atomic E-state index is 0.428. The Labute approximate surface area is 111 Å². The van der Waals surface area contributed by atoms with Crippen molar-refractivity contribution in [3.8, 4) is 0 Å². The maximum atomic E-state index is 5.91. The minimum Gasteiger partial charge on any atom is -0.374 e. The molecule has 3 rings (SSSR count). The number of morpholine rings is 1. The van der Waals surface area contributed by atoms with Crippen molar-refractivity contribution in [3.05, 3.63) is 0 Å². The van der Waals surface area contributed by atoms with E-state index in [-0.39, 0.29) is 0 Å². The number of likely N-dealkylation sites (N-methyl/N-ethyl adjacent to an activating group) is 1. The molecule has 0 spiro atoms. The third kappa shape index (κ3) is 3.05. The summed E-state index contributed by atoms with van der Waals surface area (Å²) in [6, 6.07) is 0.828. The van der Waals surface area contributed by atoms with Gasteiger partial charge in [-0.05, 0) is 45.9 Å². The smallest absolute Gasteiger partial charge is 0.0829 e. The highest BCUT2D eigenvalue weighted by Gasteiger charge is 2.30. The van der Waals surface area contributed by atoms with E-state index >= 15 is 0 Å². The second-order valence-corrected chi connectivity index (χ2v) is 6.20. The van der Waals surface area contributed by atoms with Crippen LogP contribution in [-0.4, -0.2) is 86.3 Å². The number of hydrogen-bond donors (Lipinski definition) is 0. The topological polar surface area (TPSA) is 19.0 Å². The first kappa shape index (κ1) is 12.9. The van der Waals surface area contributed by atoms with Crippen LogP contribution >= 0.6 is 0 Å². The van der Waals surface area contributed by atoms with Crippen LogP contribution in [0.3, 0.4) is 0 Å². The Bertz CT molecular complexity index is 274. The maximum absolute atomic E-state index is 5.91. The second-order valence-electron chi connectivity index (χ2n) is 6.20. The van der Waals surface area contributed by atoms with Crippen molar-refractivity contribution in [2.45, 2.75) is 31.4 Å². The first-order valence-electron chi connectivity index (χ1n) is 7.58. The summed E-state index contributed by atoms with van der Waals surface area (Å²) in [6.45, 7) is 9.41. The molecule has 4 nitrogen and oxygen atoms in total. The summed E-state index contributed by atoms with van der Waals surface area (Å²) < 4.78 is 5.91. The van der Waals surface area contributed by atoms with E-state index in [1.165, 1.54) is 45.4 Å². The molecule has 2 unspecified atom stereocenters. The fourth-order valence-electron chi connectivity index (χ4n) is 3.71. The van der Waals surface area contributed by atoms with E-state index in [2.05, 4.69) is 21.7 Å². The fraction of sp³-hybridized carbons (Fsp3) is 1.00. The lowest BCUT2D eigenvalue weighted by atomic mass is 10.2. The summed E-state index contributed by atoms with van der Waals surface area (Å²) in [5.74, 6) is 0. The lowest BCUT2D eigenvalue weighted by Crippen LogP contribution is -2.47. The number of fused-ring (bicyclic) bond motifs is 1. The quantitative estimate of drug-likeness (QED) is 0.713.